The maximum atomic E-state index is 12.2. The van der Waals surface area contributed by atoms with Crippen molar-refractivity contribution in [2.45, 2.75) is 32.1 Å². The number of hydrogen-bond donors (Lipinski definition) is 1. The minimum Gasteiger partial charge on any atom is -0.465 e. The quantitative estimate of drug-likeness (QED) is 0.342. The Kier molecular flexibility index (Phi) is 7.78. The van der Waals surface area contributed by atoms with E-state index in [1.54, 1.807) is 24.3 Å². The molecule has 0 radical (unpaired) electrons. The van der Waals surface area contributed by atoms with Gasteiger partial charge in [-0.1, -0.05) is 67.1 Å². The number of para-hydroxylation sites is 1. The Morgan fingerprint density at radius 3 is 2.50 bits per heavy atom. The number of rotatable bonds is 9. The number of benzene rings is 3. The van der Waals surface area contributed by atoms with Crippen LogP contribution in [0.4, 0.5) is 5.69 Å². The van der Waals surface area contributed by atoms with Gasteiger partial charge in [-0.05, 0) is 53.8 Å². The molecule has 0 aromatic heterocycles. The minimum absolute atomic E-state index is 0.0851. The smallest absolute Gasteiger partial charge is 0.339 e. The summed E-state index contributed by atoms with van der Waals surface area (Å²) in [6, 6.07) is 21.7. The predicted octanol–water partition coefficient (Wildman–Crippen LogP) is 6.23. The number of ether oxygens (including phenoxy) is 1. The van der Waals surface area contributed by atoms with Crippen molar-refractivity contribution in [3.8, 4) is 0 Å². The summed E-state index contributed by atoms with van der Waals surface area (Å²) in [5, 5.41) is 5.31. The molecule has 0 saturated carbocycles. The van der Waals surface area contributed by atoms with Gasteiger partial charge in [-0.25, -0.2) is 4.79 Å². The molecule has 4 nitrogen and oxygen atoms in total. The Morgan fingerprint density at radius 2 is 1.67 bits per heavy atom. The molecule has 0 atom stereocenters. The lowest BCUT2D eigenvalue weighted by molar-refractivity contribution is -0.116. The highest BCUT2D eigenvalue weighted by Gasteiger charge is 2.12. The summed E-state index contributed by atoms with van der Waals surface area (Å²) in [5.74, 6) is -0.540. The molecule has 1 amide bonds. The third-order valence-electron chi connectivity index (χ3n) is 4.96. The van der Waals surface area contributed by atoms with Crippen LogP contribution in [-0.4, -0.2) is 19.0 Å². The van der Waals surface area contributed by atoms with Gasteiger partial charge in [0.25, 0.3) is 0 Å². The number of carbonyl (C=O) groups excluding carboxylic acids is 2. The lowest BCUT2D eigenvalue weighted by Gasteiger charge is -2.09. The van der Waals surface area contributed by atoms with Gasteiger partial charge in [0.15, 0.2) is 0 Å². The number of esters is 1. The number of unbranched alkanes of at least 4 members (excludes halogenated alkanes) is 3. The Bertz CT molecular complexity index is 1040. The molecule has 0 fully saturated rings. The first-order valence-corrected chi connectivity index (χ1v) is 10.3. The molecular weight excluding hydrogens is 374 g/mol. The summed E-state index contributed by atoms with van der Waals surface area (Å²) in [4.78, 5) is 23.9. The fraction of sp³-hybridized carbons (Fsp3) is 0.231. The predicted molar refractivity (Wildman–Crippen MR) is 122 cm³/mol. The highest BCUT2D eigenvalue weighted by atomic mass is 16.5. The van der Waals surface area contributed by atoms with Gasteiger partial charge in [-0.3, -0.25) is 4.79 Å². The summed E-state index contributed by atoms with van der Waals surface area (Å²) in [6.45, 7) is 0. The third-order valence-corrected chi connectivity index (χ3v) is 4.96. The SMILES string of the molecule is COC(=O)c1ccccc1NC(=O)CCCCC/C=C/c1ccc2ccccc2c1. The van der Waals surface area contributed by atoms with Crippen molar-refractivity contribution in [1.82, 2.24) is 0 Å². The van der Waals surface area contributed by atoms with Gasteiger partial charge < -0.3 is 10.1 Å². The van der Waals surface area contributed by atoms with Gasteiger partial charge in [0.05, 0.1) is 18.4 Å². The average molecular weight is 402 g/mol. The number of hydrogen-bond acceptors (Lipinski definition) is 3. The monoisotopic (exact) mass is 401 g/mol. The Morgan fingerprint density at radius 1 is 0.900 bits per heavy atom. The van der Waals surface area contributed by atoms with Crippen LogP contribution in [0.1, 0.15) is 48.0 Å². The maximum absolute atomic E-state index is 12.2. The van der Waals surface area contributed by atoms with Crippen LogP contribution in [0, 0.1) is 0 Å². The van der Waals surface area contributed by atoms with E-state index in [2.05, 4.69) is 59.9 Å². The van der Waals surface area contributed by atoms with Crippen LogP contribution < -0.4 is 5.32 Å². The lowest BCUT2D eigenvalue weighted by Crippen LogP contribution is -2.14. The first kappa shape index (κ1) is 21.3. The topological polar surface area (TPSA) is 55.4 Å². The van der Waals surface area contributed by atoms with Crippen molar-refractivity contribution in [3.63, 3.8) is 0 Å². The van der Waals surface area contributed by atoms with Crippen LogP contribution in [0.3, 0.4) is 0 Å². The second-order valence-electron chi connectivity index (χ2n) is 7.19. The van der Waals surface area contributed by atoms with Crippen molar-refractivity contribution in [1.29, 1.82) is 0 Å². The van der Waals surface area contributed by atoms with Crippen LogP contribution in [0.25, 0.3) is 16.8 Å². The van der Waals surface area contributed by atoms with Gasteiger partial charge in [0.1, 0.15) is 0 Å². The molecule has 0 heterocycles. The van der Waals surface area contributed by atoms with E-state index in [-0.39, 0.29) is 5.91 Å². The van der Waals surface area contributed by atoms with E-state index in [0.29, 0.717) is 17.7 Å². The highest BCUT2D eigenvalue weighted by Crippen LogP contribution is 2.18. The molecule has 3 rings (SSSR count). The average Bonchev–Trinajstić information content (AvgIpc) is 2.78. The van der Waals surface area contributed by atoms with Crippen molar-refractivity contribution < 1.29 is 14.3 Å². The minimum atomic E-state index is -0.455. The van der Waals surface area contributed by atoms with Gasteiger partial charge >= 0.3 is 5.97 Å². The molecule has 0 saturated heterocycles. The van der Waals surface area contributed by atoms with Gasteiger partial charge in [-0.2, -0.15) is 0 Å². The molecular formula is C26H27NO3. The second kappa shape index (κ2) is 11.0. The molecule has 0 aliphatic carbocycles. The number of fused-ring (bicyclic) bond motifs is 1. The standard InChI is InChI=1S/C26H27NO3/c1-30-26(29)23-14-9-10-15-24(23)27-25(28)16-6-4-2-3-5-11-20-17-18-21-12-7-8-13-22(21)19-20/h5,7-15,17-19H,2-4,6,16H2,1H3,(H,27,28)/b11-5+. The van der Waals surface area contributed by atoms with E-state index >= 15 is 0 Å². The van der Waals surface area contributed by atoms with E-state index in [4.69, 9.17) is 4.74 Å². The zero-order chi connectivity index (χ0) is 21.2. The maximum Gasteiger partial charge on any atom is 0.339 e. The van der Waals surface area contributed by atoms with Gasteiger partial charge in [-0.15, -0.1) is 0 Å². The Labute approximate surface area is 177 Å². The zero-order valence-electron chi connectivity index (χ0n) is 17.3. The van der Waals surface area contributed by atoms with Crippen molar-refractivity contribution in [3.05, 3.63) is 83.9 Å². The second-order valence-corrected chi connectivity index (χ2v) is 7.19. The molecule has 1 N–H and O–H groups in total. The molecule has 0 bridgehead atoms. The van der Waals surface area contributed by atoms with Gasteiger partial charge in [0.2, 0.25) is 5.91 Å². The molecule has 0 aliphatic heterocycles. The summed E-state index contributed by atoms with van der Waals surface area (Å²) in [5.41, 5.74) is 2.07. The molecule has 30 heavy (non-hydrogen) atoms. The van der Waals surface area contributed by atoms with Crippen molar-refractivity contribution in [2.75, 3.05) is 12.4 Å². The lowest BCUT2D eigenvalue weighted by atomic mass is 10.1. The molecule has 3 aromatic rings. The molecule has 0 aliphatic rings. The largest absolute Gasteiger partial charge is 0.465 e. The first-order chi connectivity index (χ1) is 14.7. The summed E-state index contributed by atoms with van der Waals surface area (Å²) in [6.07, 6.45) is 8.60. The van der Waals surface area contributed by atoms with Crippen LogP contribution in [0.2, 0.25) is 0 Å². The molecule has 3 aromatic carbocycles. The van der Waals surface area contributed by atoms with E-state index in [1.165, 1.54) is 23.4 Å². The molecule has 0 spiro atoms. The summed E-state index contributed by atoms with van der Waals surface area (Å²) in [7, 11) is 1.33. The van der Waals surface area contributed by atoms with Crippen LogP contribution >= 0.6 is 0 Å². The fourth-order valence-corrected chi connectivity index (χ4v) is 3.35. The number of anilines is 1. The van der Waals surface area contributed by atoms with E-state index in [1.807, 2.05) is 0 Å². The van der Waals surface area contributed by atoms with Crippen LogP contribution in [0.15, 0.2) is 72.8 Å². The van der Waals surface area contributed by atoms with E-state index < -0.39 is 5.97 Å². The summed E-state index contributed by atoms with van der Waals surface area (Å²) >= 11 is 0. The van der Waals surface area contributed by atoms with Crippen molar-refractivity contribution >= 4 is 34.4 Å². The highest BCUT2D eigenvalue weighted by molar-refractivity contribution is 6.01. The zero-order valence-corrected chi connectivity index (χ0v) is 17.3. The number of amides is 1. The fourth-order valence-electron chi connectivity index (χ4n) is 3.35. The Balaban J connectivity index is 1.37. The van der Waals surface area contributed by atoms with Crippen molar-refractivity contribution in [2.24, 2.45) is 0 Å². The molecule has 0 unspecified atom stereocenters. The van der Waals surface area contributed by atoms with E-state index in [9.17, 15) is 9.59 Å². The van der Waals surface area contributed by atoms with Gasteiger partial charge in [0, 0.05) is 6.42 Å². The Hall–Kier alpha value is -3.40. The first-order valence-electron chi connectivity index (χ1n) is 10.3. The number of nitrogens with one attached hydrogen (secondary N) is 1. The number of methoxy groups -OCH3 is 1. The molecule has 154 valence electrons. The summed E-state index contributed by atoms with van der Waals surface area (Å²) < 4.78 is 4.75. The van der Waals surface area contributed by atoms with Crippen LogP contribution in [-0.2, 0) is 9.53 Å². The number of allylic oxidation sites excluding steroid dienone is 1. The van der Waals surface area contributed by atoms with E-state index in [0.717, 1.165) is 25.7 Å². The number of carbonyl (C=O) groups is 2. The van der Waals surface area contributed by atoms with Crippen LogP contribution in [0.5, 0.6) is 0 Å². The molecule has 4 heteroatoms. The third kappa shape index (κ3) is 6.05. The normalized spacial score (nSPS) is 11.0.